The number of aliphatic hydroxyl groups is 1. The van der Waals surface area contributed by atoms with E-state index in [0.29, 0.717) is 37.0 Å². The molecule has 1 fully saturated rings. The lowest BCUT2D eigenvalue weighted by molar-refractivity contribution is 0.0324. The molecule has 1 aliphatic carbocycles. The molecule has 192 valence electrons. The van der Waals surface area contributed by atoms with Crippen molar-refractivity contribution in [1.29, 1.82) is 0 Å². The summed E-state index contributed by atoms with van der Waals surface area (Å²) in [4.78, 5) is 26.5. The fourth-order valence-corrected chi connectivity index (χ4v) is 5.04. The van der Waals surface area contributed by atoms with Crippen LogP contribution in [0.3, 0.4) is 0 Å². The molecular formula is C29H38N4O3. The Bertz CT molecular complexity index is 1070. The quantitative estimate of drug-likeness (QED) is 0.596. The van der Waals surface area contributed by atoms with Gasteiger partial charge >= 0.3 is 0 Å². The maximum atomic E-state index is 13.6. The van der Waals surface area contributed by atoms with Crippen LogP contribution in [0.4, 0.5) is 0 Å². The number of amides is 1. The summed E-state index contributed by atoms with van der Waals surface area (Å²) in [6.45, 7) is 5.67. The van der Waals surface area contributed by atoms with E-state index in [-0.39, 0.29) is 30.6 Å². The van der Waals surface area contributed by atoms with Gasteiger partial charge in [0.15, 0.2) is 0 Å². The number of ether oxygens (including phenoxy) is 1. The van der Waals surface area contributed by atoms with Gasteiger partial charge in [-0.15, -0.1) is 0 Å². The number of carbonyl (C=O) groups excluding carboxylic acids is 1. The van der Waals surface area contributed by atoms with Crippen molar-refractivity contribution in [2.24, 2.45) is 11.8 Å². The van der Waals surface area contributed by atoms with Gasteiger partial charge in [0.1, 0.15) is 11.7 Å². The van der Waals surface area contributed by atoms with Crippen molar-refractivity contribution in [1.82, 2.24) is 19.8 Å². The zero-order chi connectivity index (χ0) is 25.5. The fourth-order valence-electron chi connectivity index (χ4n) is 5.04. The van der Waals surface area contributed by atoms with Crippen LogP contribution in [-0.4, -0.2) is 69.7 Å². The average Bonchev–Trinajstić information content (AvgIpc) is 3.40. The summed E-state index contributed by atoms with van der Waals surface area (Å²) >= 11 is 0. The smallest absolute Gasteiger partial charge is 0.259 e. The molecule has 2 aromatic heterocycles. The van der Waals surface area contributed by atoms with E-state index >= 15 is 0 Å². The molecule has 1 saturated carbocycles. The molecule has 4 rings (SSSR count). The van der Waals surface area contributed by atoms with Crippen molar-refractivity contribution in [3.05, 3.63) is 53.5 Å². The predicted molar refractivity (Wildman–Crippen MR) is 139 cm³/mol. The van der Waals surface area contributed by atoms with Crippen LogP contribution in [-0.2, 0) is 6.54 Å². The first-order chi connectivity index (χ1) is 17.4. The second-order valence-corrected chi connectivity index (χ2v) is 10.4. The van der Waals surface area contributed by atoms with E-state index in [1.807, 2.05) is 32.2 Å². The number of aromatic nitrogens is 2. The van der Waals surface area contributed by atoms with E-state index in [2.05, 4.69) is 33.6 Å². The summed E-state index contributed by atoms with van der Waals surface area (Å²) in [5, 5.41) is 9.87. The number of carbonyl (C=O) groups is 1. The van der Waals surface area contributed by atoms with E-state index in [1.54, 1.807) is 23.4 Å². The lowest BCUT2D eigenvalue weighted by atomic mass is 9.99. The van der Waals surface area contributed by atoms with Gasteiger partial charge in [-0.1, -0.05) is 37.7 Å². The molecule has 3 atom stereocenters. The zero-order valence-corrected chi connectivity index (χ0v) is 21.7. The Balaban J connectivity index is 1.57. The topological polar surface area (TPSA) is 78.8 Å². The van der Waals surface area contributed by atoms with Gasteiger partial charge in [-0.25, -0.2) is 4.98 Å². The van der Waals surface area contributed by atoms with Gasteiger partial charge in [0, 0.05) is 49.9 Å². The first kappa shape index (κ1) is 26.1. The Labute approximate surface area is 214 Å². The molecular weight excluding hydrogens is 452 g/mol. The normalized spacial score (nSPS) is 21.2. The van der Waals surface area contributed by atoms with Crippen molar-refractivity contribution < 1.29 is 14.6 Å². The van der Waals surface area contributed by atoms with E-state index in [9.17, 15) is 9.90 Å². The highest BCUT2D eigenvalue weighted by Gasteiger charge is 2.34. The fraction of sp³-hybridized carbons (Fsp3) is 0.552. The Hall–Kier alpha value is -2.95. The second kappa shape index (κ2) is 12.3. The Morgan fingerprint density at radius 1 is 1.28 bits per heavy atom. The first-order valence-corrected chi connectivity index (χ1v) is 13.1. The Kier molecular flexibility index (Phi) is 8.95. The van der Waals surface area contributed by atoms with Gasteiger partial charge in [0.25, 0.3) is 5.91 Å². The van der Waals surface area contributed by atoms with Gasteiger partial charge in [-0.05, 0) is 50.9 Å². The third-order valence-electron chi connectivity index (χ3n) is 7.27. The molecule has 0 aromatic carbocycles. The maximum Gasteiger partial charge on any atom is 0.259 e. The molecule has 36 heavy (non-hydrogen) atoms. The van der Waals surface area contributed by atoms with Gasteiger partial charge in [-0.2, -0.15) is 0 Å². The van der Waals surface area contributed by atoms with Gasteiger partial charge in [0.05, 0.1) is 18.3 Å². The maximum absolute atomic E-state index is 13.6. The van der Waals surface area contributed by atoms with Crippen LogP contribution >= 0.6 is 0 Å². The summed E-state index contributed by atoms with van der Waals surface area (Å²) < 4.78 is 6.40. The van der Waals surface area contributed by atoms with Gasteiger partial charge < -0.3 is 14.7 Å². The number of hydrogen-bond donors (Lipinski definition) is 1. The molecule has 0 unspecified atom stereocenters. The molecule has 0 saturated heterocycles. The van der Waals surface area contributed by atoms with Crippen LogP contribution in [0.5, 0.6) is 5.88 Å². The minimum atomic E-state index is -0.310. The van der Waals surface area contributed by atoms with Crippen LogP contribution in [0.15, 0.2) is 36.7 Å². The highest BCUT2D eigenvalue weighted by molar-refractivity contribution is 5.97. The lowest BCUT2D eigenvalue weighted by Crippen LogP contribution is -2.49. The van der Waals surface area contributed by atoms with E-state index in [1.165, 1.54) is 25.7 Å². The number of nitrogens with zero attached hydrogens (tertiary/aromatic N) is 4. The van der Waals surface area contributed by atoms with Crippen molar-refractivity contribution in [3.8, 4) is 17.7 Å². The van der Waals surface area contributed by atoms with Gasteiger partial charge in [-0.3, -0.25) is 14.7 Å². The minimum absolute atomic E-state index is 0.0370. The number of fused-ring (bicyclic) bond motifs is 1. The summed E-state index contributed by atoms with van der Waals surface area (Å²) in [7, 11) is 2.04. The molecule has 2 aliphatic rings. The highest BCUT2D eigenvalue weighted by atomic mass is 16.5. The Morgan fingerprint density at radius 2 is 2.08 bits per heavy atom. The van der Waals surface area contributed by atoms with Crippen molar-refractivity contribution in [2.45, 2.75) is 64.6 Å². The molecule has 0 bridgehead atoms. The molecule has 3 heterocycles. The second-order valence-electron chi connectivity index (χ2n) is 10.4. The molecule has 7 nitrogen and oxygen atoms in total. The van der Waals surface area contributed by atoms with E-state index in [4.69, 9.17) is 4.74 Å². The van der Waals surface area contributed by atoms with Crippen molar-refractivity contribution in [3.63, 3.8) is 0 Å². The number of pyridine rings is 2. The summed E-state index contributed by atoms with van der Waals surface area (Å²) in [6, 6.07) is 7.39. The SMILES string of the molecule is C[C@@H]1CN([C@@H](C)CO)C(=O)c2cc(C#CCC3CCCC3)cnc2O[C@H]1CN(C)Cc1ccccn1. The number of rotatable bonds is 7. The molecule has 7 heteroatoms. The van der Waals surface area contributed by atoms with Crippen LogP contribution in [0, 0.1) is 23.7 Å². The van der Waals surface area contributed by atoms with Crippen LogP contribution in [0.25, 0.3) is 0 Å². The van der Waals surface area contributed by atoms with Crippen LogP contribution < -0.4 is 4.74 Å². The molecule has 0 radical (unpaired) electrons. The monoisotopic (exact) mass is 490 g/mol. The molecule has 1 N–H and O–H groups in total. The molecule has 1 aliphatic heterocycles. The van der Waals surface area contributed by atoms with Gasteiger partial charge in [0.2, 0.25) is 5.88 Å². The van der Waals surface area contributed by atoms with E-state index < -0.39 is 0 Å². The zero-order valence-electron chi connectivity index (χ0n) is 21.7. The Morgan fingerprint density at radius 3 is 2.81 bits per heavy atom. The first-order valence-electron chi connectivity index (χ1n) is 13.1. The minimum Gasteiger partial charge on any atom is -0.472 e. The average molecular weight is 491 g/mol. The number of likely N-dealkylation sites (N-methyl/N-ethyl adjacent to an activating group) is 1. The summed E-state index contributed by atoms with van der Waals surface area (Å²) in [5.41, 5.74) is 2.12. The lowest BCUT2D eigenvalue weighted by Gasteiger charge is -2.37. The van der Waals surface area contributed by atoms with Crippen molar-refractivity contribution in [2.75, 3.05) is 26.7 Å². The predicted octanol–water partition coefficient (Wildman–Crippen LogP) is 3.76. The number of aliphatic hydroxyl groups excluding tert-OH is 1. The molecule has 1 amide bonds. The number of hydrogen-bond acceptors (Lipinski definition) is 6. The summed E-state index contributed by atoms with van der Waals surface area (Å²) in [6.07, 6.45) is 9.31. The summed E-state index contributed by atoms with van der Waals surface area (Å²) in [5.74, 6) is 7.39. The van der Waals surface area contributed by atoms with Crippen molar-refractivity contribution >= 4 is 5.91 Å². The molecule has 2 aromatic rings. The van der Waals surface area contributed by atoms with Crippen LogP contribution in [0.2, 0.25) is 0 Å². The largest absolute Gasteiger partial charge is 0.472 e. The standard InChI is InChI=1S/C29H38N4O3/c1-21-17-33(22(2)20-34)29(35)26-15-24(12-8-11-23-9-4-5-10-23)16-31-28(26)36-27(21)19-32(3)18-25-13-6-7-14-30-25/h6-7,13-16,21-23,27,34H,4-5,9-11,17-20H2,1-3H3/t21-,22+,27+/m1/s1. The van der Waals surface area contributed by atoms with E-state index in [0.717, 1.165) is 17.7 Å². The van der Waals surface area contributed by atoms with Crippen LogP contribution in [0.1, 0.15) is 67.6 Å². The molecule has 0 spiro atoms. The highest BCUT2D eigenvalue weighted by Crippen LogP contribution is 2.28. The third kappa shape index (κ3) is 6.63. The third-order valence-corrected chi connectivity index (χ3v) is 7.27.